The first kappa shape index (κ1) is 21.6. The number of imidazole rings is 1. The lowest BCUT2D eigenvalue weighted by Crippen LogP contribution is -2.44. The van der Waals surface area contributed by atoms with Crippen LogP contribution in [0.15, 0.2) is 67.1 Å². The van der Waals surface area contributed by atoms with Crippen molar-refractivity contribution in [1.82, 2.24) is 24.2 Å². The number of fused-ring (bicyclic) bond motifs is 1. The molecule has 0 spiro atoms. The molecule has 0 unspecified atom stereocenters. The molecule has 1 fully saturated rings. The predicted molar refractivity (Wildman–Crippen MR) is 122 cm³/mol. The Kier molecular flexibility index (Phi) is 5.64. The number of likely N-dealkylation sites (N-methyl/N-ethyl adjacent to an activating group) is 1. The molecule has 1 aromatic carbocycles. The molecule has 5 nitrogen and oxygen atoms in total. The van der Waals surface area contributed by atoms with E-state index in [0.29, 0.717) is 12.1 Å². The topological polar surface area (TPSA) is 36.7 Å². The lowest BCUT2D eigenvalue weighted by Gasteiger charge is -2.32. The summed E-state index contributed by atoms with van der Waals surface area (Å²) < 4.78 is 41.3. The van der Waals surface area contributed by atoms with E-state index in [9.17, 15) is 13.2 Å². The van der Waals surface area contributed by atoms with Crippen molar-refractivity contribution < 1.29 is 13.2 Å². The Morgan fingerprint density at radius 2 is 1.48 bits per heavy atom. The maximum absolute atomic E-state index is 13.1. The molecule has 1 aliphatic heterocycles. The second-order valence-corrected chi connectivity index (χ2v) is 8.44. The maximum atomic E-state index is 13.1. The van der Waals surface area contributed by atoms with Gasteiger partial charge < -0.3 is 9.30 Å². The Hall–Kier alpha value is -3.23. The van der Waals surface area contributed by atoms with Gasteiger partial charge in [-0.25, -0.2) is 4.98 Å². The van der Waals surface area contributed by atoms with Crippen LogP contribution in [0.4, 0.5) is 13.2 Å². The zero-order valence-electron chi connectivity index (χ0n) is 18.3. The van der Waals surface area contributed by atoms with Crippen molar-refractivity contribution in [2.75, 3.05) is 33.2 Å². The number of pyridine rings is 2. The van der Waals surface area contributed by atoms with E-state index in [-0.39, 0.29) is 0 Å². The molecule has 4 aromatic rings. The molecule has 8 heteroatoms. The molecule has 33 heavy (non-hydrogen) atoms. The molecular weight excluding hydrogens is 427 g/mol. The van der Waals surface area contributed by atoms with E-state index in [1.54, 1.807) is 12.4 Å². The van der Waals surface area contributed by atoms with Gasteiger partial charge in [0, 0.05) is 56.9 Å². The van der Waals surface area contributed by atoms with Gasteiger partial charge in [-0.15, -0.1) is 0 Å². The monoisotopic (exact) mass is 451 g/mol. The van der Waals surface area contributed by atoms with E-state index in [0.717, 1.165) is 66.5 Å². The Labute approximate surface area is 190 Å². The summed E-state index contributed by atoms with van der Waals surface area (Å²) >= 11 is 0. The first-order valence-corrected chi connectivity index (χ1v) is 10.9. The molecule has 3 aromatic heterocycles. The lowest BCUT2D eigenvalue weighted by molar-refractivity contribution is -0.137. The highest BCUT2D eigenvalue weighted by Gasteiger charge is 2.30. The number of alkyl halides is 3. The summed E-state index contributed by atoms with van der Waals surface area (Å²) in [6, 6.07) is 13.2. The van der Waals surface area contributed by atoms with Crippen molar-refractivity contribution in [3.63, 3.8) is 0 Å². The van der Waals surface area contributed by atoms with Gasteiger partial charge in [-0.2, -0.15) is 13.2 Å². The smallest absolute Gasteiger partial charge is 0.304 e. The van der Waals surface area contributed by atoms with E-state index in [1.165, 1.54) is 12.1 Å². The van der Waals surface area contributed by atoms with Gasteiger partial charge >= 0.3 is 6.18 Å². The minimum absolute atomic E-state index is 0.657. The van der Waals surface area contributed by atoms with Gasteiger partial charge in [0.15, 0.2) is 0 Å². The van der Waals surface area contributed by atoms with Gasteiger partial charge in [0.05, 0.1) is 17.0 Å². The number of aromatic nitrogens is 3. The van der Waals surface area contributed by atoms with Gasteiger partial charge in [-0.05, 0) is 54.6 Å². The number of piperazine rings is 1. The van der Waals surface area contributed by atoms with Crippen LogP contribution in [0.3, 0.4) is 0 Å². The Morgan fingerprint density at radius 3 is 2.15 bits per heavy atom. The van der Waals surface area contributed by atoms with Gasteiger partial charge in [-0.1, -0.05) is 12.1 Å². The fraction of sp³-hybridized carbons (Fsp3) is 0.280. The SMILES string of the molecule is CN1CCN(Cc2c(-c3ccc(C(F)(F)F)cc3)nc3ccc(-c4ccncc4)cn23)CC1. The van der Waals surface area contributed by atoms with E-state index in [4.69, 9.17) is 4.98 Å². The fourth-order valence-corrected chi connectivity index (χ4v) is 4.23. The first-order chi connectivity index (χ1) is 15.9. The third kappa shape index (κ3) is 4.49. The summed E-state index contributed by atoms with van der Waals surface area (Å²) in [6.45, 7) is 4.49. The van der Waals surface area contributed by atoms with Crippen molar-refractivity contribution >= 4 is 5.65 Å². The van der Waals surface area contributed by atoms with E-state index in [2.05, 4.69) is 32.4 Å². The number of rotatable bonds is 4. The average molecular weight is 451 g/mol. The summed E-state index contributed by atoms with van der Waals surface area (Å²) in [4.78, 5) is 13.6. The largest absolute Gasteiger partial charge is 0.416 e. The molecule has 4 heterocycles. The Balaban J connectivity index is 1.59. The molecule has 5 rings (SSSR count). The minimum Gasteiger partial charge on any atom is -0.304 e. The number of halogens is 3. The van der Waals surface area contributed by atoms with E-state index < -0.39 is 11.7 Å². The molecule has 1 aliphatic rings. The molecule has 0 amide bonds. The summed E-state index contributed by atoms with van der Waals surface area (Å²) in [5.41, 5.74) is 4.56. The summed E-state index contributed by atoms with van der Waals surface area (Å²) in [5.74, 6) is 0. The van der Waals surface area contributed by atoms with Crippen LogP contribution in [0, 0.1) is 0 Å². The standard InChI is InChI=1S/C25H24F3N5/c1-31-12-14-32(15-13-31)17-22-24(19-2-5-21(6-3-19)25(26,27)28)30-23-7-4-20(16-33(22)23)18-8-10-29-11-9-18/h2-11,16H,12-15,17H2,1H3. The molecule has 0 N–H and O–H groups in total. The van der Waals surface area contributed by atoms with Crippen molar-refractivity contribution in [3.05, 3.63) is 78.4 Å². The van der Waals surface area contributed by atoms with Crippen molar-refractivity contribution in [2.24, 2.45) is 0 Å². The number of nitrogens with zero attached hydrogens (tertiary/aromatic N) is 5. The van der Waals surface area contributed by atoms with E-state index >= 15 is 0 Å². The highest BCUT2D eigenvalue weighted by Crippen LogP contribution is 2.33. The predicted octanol–water partition coefficient (Wildman–Crippen LogP) is 4.83. The summed E-state index contributed by atoms with van der Waals surface area (Å²) in [5, 5.41) is 0. The zero-order valence-corrected chi connectivity index (χ0v) is 18.3. The van der Waals surface area contributed by atoms with Gasteiger partial charge in [-0.3, -0.25) is 9.88 Å². The van der Waals surface area contributed by atoms with Gasteiger partial charge in [0.1, 0.15) is 5.65 Å². The maximum Gasteiger partial charge on any atom is 0.416 e. The first-order valence-electron chi connectivity index (χ1n) is 10.9. The third-order valence-corrected chi connectivity index (χ3v) is 6.19. The summed E-state index contributed by atoms with van der Waals surface area (Å²) in [6.07, 6.45) is 1.20. The Morgan fingerprint density at radius 1 is 0.818 bits per heavy atom. The molecule has 170 valence electrons. The van der Waals surface area contributed by atoms with Crippen LogP contribution < -0.4 is 0 Å². The molecule has 0 atom stereocenters. The molecule has 0 radical (unpaired) electrons. The minimum atomic E-state index is -4.36. The molecule has 0 saturated carbocycles. The van der Waals surface area contributed by atoms with Crippen LogP contribution in [0.1, 0.15) is 11.3 Å². The second kappa shape index (κ2) is 8.61. The Bertz CT molecular complexity index is 1240. The molecular formula is C25H24F3N5. The third-order valence-electron chi connectivity index (χ3n) is 6.19. The van der Waals surface area contributed by atoms with Crippen molar-refractivity contribution in [2.45, 2.75) is 12.7 Å². The number of hydrogen-bond acceptors (Lipinski definition) is 4. The quantitative estimate of drug-likeness (QED) is 0.445. The van der Waals surface area contributed by atoms with Crippen LogP contribution >= 0.6 is 0 Å². The number of hydrogen-bond donors (Lipinski definition) is 0. The highest BCUT2D eigenvalue weighted by atomic mass is 19.4. The fourth-order valence-electron chi connectivity index (χ4n) is 4.23. The normalized spacial score (nSPS) is 15.9. The van der Waals surface area contributed by atoms with E-state index in [1.807, 2.05) is 24.3 Å². The van der Waals surface area contributed by atoms with Crippen LogP contribution in [0.25, 0.3) is 28.0 Å². The highest BCUT2D eigenvalue weighted by molar-refractivity contribution is 5.70. The van der Waals surface area contributed by atoms with Crippen LogP contribution in [-0.2, 0) is 12.7 Å². The average Bonchev–Trinajstić information content (AvgIpc) is 3.18. The second-order valence-electron chi connectivity index (χ2n) is 8.44. The molecule has 0 bridgehead atoms. The molecule has 0 aliphatic carbocycles. The van der Waals surface area contributed by atoms with Crippen LogP contribution in [0.2, 0.25) is 0 Å². The molecule has 1 saturated heterocycles. The number of benzene rings is 1. The van der Waals surface area contributed by atoms with Crippen LogP contribution in [-0.4, -0.2) is 57.4 Å². The van der Waals surface area contributed by atoms with Gasteiger partial charge in [0.25, 0.3) is 0 Å². The summed E-state index contributed by atoms with van der Waals surface area (Å²) in [7, 11) is 2.11. The van der Waals surface area contributed by atoms with Crippen molar-refractivity contribution in [3.8, 4) is 22.4 Å². The lowest BCUT2D eigenvalue weighted by atomic mass is 10.1. The van der Waals surface area contributed by atoms with Crippen molar-refractivity contribution in [1.29, 1.82) is 0 Å². The zero-order chi connectivity index (χ0) is 23.0. The van der Waals surface area contributed by atoms with Crippen LogP contribution in [0.5, 0.6) is 0 Å². The van der Waals surface area contributed by atoms with Gasteiger partial charge in [0.2, 0.25) is 0 Å².